The fraction of sp³-hybridized carbons (Fsp3) is 0.267. The Labute approximate surface area is 137 Å². The Hall–Kier alpha value is -3.23. The molecule has 0 aliphatic carbocycles. The molecule has 9 nitrogen and oxygen atoms in total. The van der Waals surface area contributed by atoms with Gasteiger partial charge in [0.05, 0.1) is 26.5 Å². The first-order valence-electron chi connectivity index (χ1n) is 6.94. The summed E-state index contributed by atoms with van der Waals surface area (Å²) in [6.45, 7) is -0.0418. The van der Waals surface area contributed by atoms with E-state index in [-0.39, 0.29) is 17.9 Å². The molecule has 0 saturated carbocycles. The van der Waals surface area contributed by atoms with Crippen LogP contribution in [-0.2, 0) is 22.4 Å². The number of rotatable bonds is 6. The van der Waals surface area contributed by atoms with Crippen molar-refractivity contribution in [1.82, 2.24) is 15.0 Å². The zero-order valence-electron chi connectivity index (χ0n) is 13.2. The number of ether oxygens (including phenoxy) is 2. The Morgan fingerprint density at radius 2 is 1.83 bits per heavy atom. The Kier molecular flexibility index (Phi) is 5.61. The number of aromatic nitrogens is 3. The molecule has 9 heteroatoms. The van der Waals surface area contributed by atoms with Crippen LogP contribution in [0.4, 0.5) is 0 Å². The van der Waals surface area contributed by atoms with Gasteiger partial charge in [-0.05, 0) is 5.56 Å². The molecule has 0 atom stereocenters. The second kappa shape index (κ2) is 7.86. The van der Waals surface area contributed by atoms with E-state index in [2.05, 4.69) is 24.9 Å². The molecule has 1 aromatic heterocycles. The molecule has 0 amide bonds. The van der Waals surface area contributed by atoms with Gasteiger partial charge in [-0.25, -0.2) is 14.3 Å². The second-order valence-corrected chi connectivity index (χ2v) is 4.76. The van der Waals surface area contributed by atoms with Crippen LogP contribution in [0.25, 0.3) is 0 Å². The van der Waals surface area contributed by atoms with Crippen molar-refractivity contribution >= 4 is 17.7 Å². The van der Waals surface area contributed by atoms with Crippen LogP contribution in [0.1, 0.15) is 26.5 Å². The van der Waals surface area contributed by atoms with Gasteiger partial charge in [0.15, 0.2) is 5.69 Å². The van der Waals surface area contributed by atoms with Gasteiger partial charge in [0.2, 0.25) is 5.69 Å². The van der Waals surface area contributed by atoms with Crippen molar-refractivity contribution in [3.8, 4) is 0 Å². The molecule has 0 unspecified atom stereocenters. The minimum atomic E-state index is -0.813. The fourth-order valence-corrected chi connectivity index (χ4v) is 2.08. The van der Waals surface area contributed by atoms with Crippen molar-refractivity contribution < 1.29 is 24.3 Å². The smallest absolute Gasteiger partial charge is 0.361 e. The van der Waals surface area contributed by atoms with E-state index < -0.39 is 11.9 Å². The van der Waals surface area contributed by atoms with Crippen LogP contribution in [0.15, 0.2) is 35.5 Å². The number of oxime groups is 1. The molecule has 0 fully saturated rings. The van der Waals surface area contributed by atoms with Crippen LogP contribution in [0.2, 0.25) is 0 Å². The number of hydrogen-bond donors (Lipinski definition) is 1. The first-order valence-corrected chi connectivity index (χ1v) is 6.94. The normalized spacial score (nSPS) is 11.2. The molecule has 0 spiro atoms. The summed E-state index contributed by atoms with van der Waals surface area (Å²) < 4.78 is 10.4. The lowest BCUT2D eigenvalue weighted by atomic mass is 10.1. The predicted molar refractivity (Wildman–Crippen MR) is 82.1 cm³/mol. The predicted octanol–water partition coefficient (Wildman–Crippen LogP) is 0.924. The average Bonchev–Trinajstić information content (AvgIpc) is 3.04. The maximum Gasteiger partial charge on any atom is 0.361 e. The summed E-state index contributed by atoms with van der Waals surface area (Å²) in [4.78, 5) is 23.6. The Bertz CT molecular complexity index is 754. The number of carbonyl (C=O) groups excluding carboxylic acids is 2. The van der Waals surface area contributed by atoms with Crippen LogP contribution in [0.5, 0.6) is 0 Å². The number of nitrogens with zero attached hydrogens (tertiary/aromatic N) is 4. The van der Waals surface area contributed by atoms with Crippen molar-refractivity contribution in [2.75, 3.05) is 14.2 Å². The van der Waals surface area contributed by atoms with Gasteiger partial charge >= 0.3 is 11.9 Å². The fourth-order valence-electron chi connectivity index (χ4n) is 2.08. The second-order valence-electron chi connectivity index (χ2n) is 4.76. The van der Waals surface area contributed by atoms with Crippen molar-refractivity contribution in [3.05, 3.63) is 47.3 Å². The maximum absolute atomic E-state index is 11.9. The van der Waals surface area contributed by atoms with Gasteiger partial charge in [0.25, 0.3) is 0 Å². The standard InChI is InChI=1S/C15H16N4O5/c1-23-14(20)12-13(15(21)24-2)19(18-16-12)9-11(17-22)8-10-6-4-3-5-7-10/h3-7,22H,8-9H2,1-2H3. The van der Waals surface area contributed by atoms with Gasteiger partial charge in [0, 0.05) is 6.42 Å². The minimum Gasteiger partial charge on any atom is -0.464 e. The summed E-state index contributed by atoms with van der Waals surface area (Å²) in [6.07, 6.45) is 0.339. The SMILES string of the molecule is COC(=O)c1nnn(CC(Cc2ccccc2)=NO)c1C(=O)OC. The third-order valence-electron chi connectivity index (χ3n) is 3.22. The van der Waals surface area contributed by atoms with E-state index >= 15 is 0 Å². The average molecular weight is 332 g/mol. The largest absolute Gasteiger partial charge is 0.464 e. The molecule has 24 heavy (non-hydrogen) atoms. The monoisotopic (exact) mass is 332 g/mol. The minimum absolute atomic E-state index is 0.0418. The van der Waals surface area contributed by atoms with Gasteiger partial charge in [0.1, 0.15) is 0 Å². The quantitative estimate of drug-likeness (QED) is 0.362. The van der Waals surface area contributed by atoms with Gasteiger partial charge in [-0.1, -0.05) is 40.7 Å². The molecular formula is C15H16N4O5. The van der Waals surface area contributed by atoms with Crippen LogP contribution in [0, 0.1) is 0 Å². The zero-order chi connectivity index (χ0) is 17.5. The summed E-state index contributed by atoms with van der Waals surface area (Å²) in [5.74, 6) is -1.61. The van der Waals surface area contributed by atoms with E-state index in [9.17, 15) is 14.8 Å². The summed E-state index contributed by atoms with van der Waals surface area (Å²) in [5, 5.41) is 19.9. The number of esters is 2. The molecule has 1 heterocycles. The van der Waals surface area contributed by atoms with Gasteiger partial charge in [-0.15, -0.1) is 5.10 Å². The van der Waals surface area contributed by atoms with Gasteiger partial charge < -0.3 is 14.7 Å². The molecule has 2 rings (SSSR count). The highest BCUT2D eigenvalue weighted by Crippen LogP contribution is 2.10. The lowest BCUT2D eigenvalue weighted by Gasteiger charge is -2.07. The summed E-state index contributed by atoms with van der Waals surface area (Å²) in [6, 6.07) is 9.32. The van der Waals surface area contributed by atoms with Crippen molar-refractivity contribution in [2.45, 2.75) is 13.0 Å². The van der Waals surface area contributed by atoms with Gasteiger partial charge in [-0.3, -0.25) is 0 Å². The molecule has 0 aliphatic rings. The van der Waals surface area contributed by atoms with E-state index in [0.29, 0.717) is 12.1 Å². The molecule has 0 aliphatic heterocycles. The van der Waals surface area contributed by atoms with Crippen molar-refractivity contribution in [1.29, 1.82) is 0 Å². The summed E-state index contributed by atoms with van der Waals surface area (Å²) in [5.41, 5.74) is 0.811. The van der Waals surface area contributed by atoms with E-state index in [1.54, 1.807) is 0 Å². The maximum atomic E-state index is 11.9. The Morgan fingerprint density at radius 1 is 1.17 bits per heavy atom. The molecule has 126 valence electrons. The summed E-state index contributed by atoms with van der Waals surface area (Å²) in [7, 11) is 2.34. The Balaban J connectivity index is 2.29. The highest BCUT2D eigenvalue weighted by molar-refractivity contribution is 6.00. The number of benzene rings is 1. The van der Waals surface area contributed by atoms with Crippen LogP contribution < -0.4 is 0 Å². The third kappa shape index (κ3) is 3.75. The third-order valence-corrected chi connectivity index (χ3v) is 3.22. The highest BCUT2D eigenvalue weighted by atomic mass is 16.5. The number of carbonyl (C=O) groups is 2. The molecule has 0 saturated heterocycles. The van der Waals surface area contributed by atoms with Crippen molar-refractivity contribution in [3.63, 3.8) is 0 Å². The Morgan fingerprint density at radius 3 is 2.42 bits per heavy atom. The lowest BCUT2D eigenvalue weighted by molar-refractivity contribution is 0.0544. The first-order chi connectivity index (χ1) is 11.6. The van der Waals surface area contributed by atoms with Crippen molar-refractivity contribution in [2.24, 2.45) is 5.16 Å². The summed E-state index contributed by atoms with van der Waals surface area (Å²) >= 11 is 0. The van der Waals surface area contributed by atoms with Crippen LogP contribution in [0.3, 0.4) is 0 Å². The molecule has 1 N–H and O–H groups in total. The highest BCUT2D eigenvalue weighted by Gasteiger charge is 2.27. The molecule has 0 radical (unpaired) electrons. The lowest BCUT2D eigenvalue weighted by Crippen LogP contribution is -2.21. The number of methoxy groups -OCH3 is 2. The first kappa shape index (κ1) is 17.1. The van der Waals surface area contributed by atoms with E-state index in [1.807, 2.05) is 30.3 Å². The van der Waals surface area contributed by atoms with Crippen LogP contribution in [-0.4, -0.2) is 52.1 Å². The number of hydrogen-bond acceptors (Lipinski definition) is 8. The molecule has 1 aromatic carbocycles. The van der Waals surface area contributed by atoms with Crippen LogP contribution >= 0.6 is 0 Å². The zero-order valence-corrected chi connectivity index (χ0v) is 13.2. The van der Waals surface area contributed by atoms with E-state index in [0.717, 1.165) is 10.2 Å². The topological polar surface area (TPSA) is 116 Å². The molecular weight excluding hydrogens is 316 g/mol. The molecule has 2 aromatic rings. The molecule has 0 bridgehead atoms. The van der Waals surface area contributed by atoms with Gasteiger partial charge in [-0.2, -0.15) is 0 Å². The van der Waals surface area contributed by atoms with E-state index in [1.165, 1.54) is 14.2 Å². The van der Waals surface area contributed by atoms with E-state index in [4.69, 9.17) is 0 Å².